The number of rotatable bonds is 3. The molecule has 0 saturated heterocycles. The quantitative estimate of drug-likeness (QED) is 0.832. The van der Waals surface area contributed by atoms with Gasteiger partial charge in [-0.3, -0.25) is 0 Å². The first-order valence-corrected chi connectivity index (χ1v) is 5.20. The normalized spacial score (nSPS) is 11.5. The summed E-state index contributed by atoms with van der Waals surface area (Å²) in [5.74, 6) is 0.576. The Morgan fingerprint density at radius 3 is 2.86 bits per heavy atom. The van der Waals surface area contributed by atoms with E-state index in [1.54, 1.807) is 20.0 Å². The Morgan fingerprint density at radius 1 is 1.64 bits per heavy atom. The molecule has 2 N–H and O–H groups in total. The lowest BCUT2D eigenvalue weighted by molar-refractivity contribution is 0.0944. The molecule has 0 bridgehead atoms. The van der Waals surface area contributed by atoms with Gasteiger partial charge in [0.1, 0.15) is 5.82 Å². The molecule has 1 aromatic rings. The van der Waals surface area contributed by atoms with Gasteiger partial charge in [-0.25, -0.2) is 4.98 Å². The van der Waals surface area contributed by atoms with Crippen LogP contribution in [0, 0.1) is 0 Å². The van der Waals surface area contributed by atoms with Gasteiger partial charge >= 0.3 is 0 Å². The Labute approximate surface area is 95.8 Å². The van der Waals surface area contributed by atoms with Crippen LogP contribution in [0.2, 0.25) is 5.28 Å². The highest BCUT2D eigenvalue weighted by atomic mass is 79.9. The van der Waals surface area contributed by atoms with Crippen LogP contribution in [-0.2, 0) is 0 Å². The average Bonchev–Trinajstić information content (AvgIpc) is 2.05. The Morgan fingerprint density at radius 2 is 2.29 bits per heavy atom. The molecular formula is C8H11BrClN3O. The van der Waals surface area contributed by atoms with Crippen molar-refractivity contribution < 1.29 is 5.11 Å². The van der Waals surface area contributed by atoms with Crippen LogP contribution in [0.5, 0.6) is 0 Å². The number of aliphatic hydroxyl groups is 1. The number of hydrogen-bond acceptors (Lipinski definition) is 4. The van der Waals surface area contributed by atoms with Crippen molar-refractivity contribution in [2.75, 3.05) is 11.9 Å². The van der Waals surface area contributed by atoms with Gasteiger partial charge in [0, 0.05) is 12.7 Å². The lowest BCUT2D eigenvalue weighted by Gasteiger charge is -2.18. The van der Waals surface area contributed by atoms with Crippen LogP contribution in [0.4, 0.5) is 5.82 Å². The van der Waals surface area contributed by atoms with E-state index in [0.29, 0.717) is 16.8 Å². The van der Waals surface area contributed by atoms with E-state index in [2.05, 4.69) is 31.2 Å². The molecule has 0 fully saturated rings. The van der Waals surface area contributed by atoms with Crippen LogP contribution in [0.1, 0.15) is 13.8 Å². The third-order valence-corrected chi connectivity index (χ3v) is 2.17. The van der Waals surface area contributed by atoms with Gasteiger partial charge in [-0.05, 0) is 41.4 Å². The number of anilines is 1. The van der Waals surface area contributed by atoms with E-state index < -0.39 is 5.60 Å². The molecule has 0 radical (unpaired) electrons. The molecule has 0 aromatic carbocycles. The van der Waals surface area contributed by atoms with Crippen LogP contribution in [0.15, 0.2) is 10.7 Å². The highest BCUT2D eigenvalue weighted by Gasteiger charge is 2.13. The fraction of sp³-hybridized carbons (Fsp3) is 0.500. The fourth-order valence-electron chi connectivity index (χ4n) is 0.770. The Kier molecular flexibility index (Phi) is 3.69. The highest BCUT2D eigenvalue weighted by Crippen LogP contribution is 2.20. The van der Waals surface area contributed by atoms with E-state index in [9.17, 15) is 5.11 Å². The largest absolute Gasteiger partial charge is 0.389 e. The summed E-state index contributed by atoms with van der Waals surface area (Å²) in [6, 6.07) is 0. The second-order valence-electron chi connectivity index (χ2n) is 3.50. The summed E-state index contributed by atoms with van der Waals surface area (Å²) in [7, 11) is 0. The Bertz CT molecular complexity index is 327. The molecule has 0 unspecified atom stereocenters. The third-order valence-electron chi connectivity index (χ3n) is 1.40. The van der Waals surface area contributed by atoms with E-state index in [1.807, 2.05) is 0 Å². The number of hydrogen-bond donors (Lipinski definition) is 2. The van der Waals surface area contributed by atoms with E-state index in [0.717, 1.165) is 0 Å². The molecule has 6 heteroatoms. The van der Waals surface area contributed by atoms with Gasteiger partial charge in [0.15, 0.2) is 0 Å². The van der Waals surface area contributed by atoms with Gasteiger partial charge < -0.3 is 10.4 Å². The first-order valence-electron chi connectivity index (χ1n) is 4.03. The minimum Gasteiger partial charge on any atom is -0.389 e. The van der Waals surface area contributed by atoms with E-state index >= 15 is 0 Å². The van der Waals surface area contributed by atoms with Gasteiger partial charge in [-0.2, -0.15) is 4.98 Å². The fourth-order valence-corrected chi connectivity index (χ4v) is 1.23. The molecule has 0 aliphatic heterocycles. The number of nitrogens with one attached hydrogen (secondary N) is 1. The number of halogens is 2. The molecule has 78 valence electrons. The zero-order chi connectivity index (χ0) is 10.8. The topological polar surface area (TPSA) is 58.0 Å². The first kappa shape index (κ1) is 11.7. The van der Waals surface area contributed by atoms with Gasteiger partial charge in [0.25, 0.3) is 0 Å². The molecule has 1 heterocycles. The molecule has 4 nitrogen and oxygen atoms in total. The summed E-state index contributed by atoms with van der Waals surface area (Å²) in [6.07, 6.45) is 1.56. The van der Waals surface area contributed by atoms with Gasteiger partial charge in [0.05, 0.1) is 10.1 Å². The van der Waals surface area contributed by atoms with Crippen molar-refractivity contribution in [3.63, 3.8) is 0 Å². The second kappa shape index (κ2) is 4.42. The predicted octanol–water partition coefficient (Wildman–Crippen LogP) is 2.08. The second-order valence-corrected chi connectivity index (χ2v) is 4.69. The van der Waals surface area contributed by atoms with Crippen molar-refractivity contribution in [1.82, 2.24) is 9.97 Å². The maximum absolute atomic E-state index is 9.48. The highest BCUT2D eigenvalue weighted by molar-refractivity contribution is 9.10. The summed E-state index contributed by atoms with van der Waals surface area (Å²) in [6.45, 7) is 3.80. The lowest BCUT2D eigenvalue weighted by atomic mass is 10.1. The molecule has 1 rings (SSSR count). The van der Waals surface area contributed by atoms with Gasteiger partial charge in [0.2, 0.25) is 5.28 Å². The lowest BCUT2D eigenvalue weighted by Crippen LogP contribution is -2.29. The number of nitrogens with zero attached hydrogens (tertiary/aromatic N) is 2. The molecule has 0 spiro atoms. The van der Waals surface area contributed by atoms with Crippen molar-refractivity contribution in [3.05, 3.63) is 16.0 Å². The van der Waals surface area contributed by atoms with Crippen LogP contribution < -0.4 is 5.32 Å². The Balaban J connectivity index is 2.72. The maximum atomic E-state index is 9.48. The molecular weight excluding hydrogens is 269 g/mol. The first-order chi connectivity index (χ1) is 6.38. The summed E-state index contributed by atoms with van der Waals surface area (Å²) >= 11 is 8.89. The summed E-state index contributed by atoms with van der Waals surface area (Å²) in [5.41, 5.74) is -0.795. The molecule has 0 aliphatic carbocycles. The van der Waals surface area contributed by atoms with Gasteiger partial charge in [-0.15, -0.1) is 0 Å². The minimum absolute atomic E-state index is 0.173. The van der Waals surface area contributed by atoms with E-state index in [1.165, 1.54) is 0 Å². The van der Waals surface area contributed by atoms with Crippen molar-refractivity contribution in [2.45, 2.75) is 19.4 Å². The minimum atomic E-state index is -0.795. The zero-order valence-corrected chi connectivity index (χ0v) is 10.2. The monoisotopic (exact) mass is 279 g/mol. The number of aromatic nitrogens is 2. The maximum Gasteiger partial charge on any atom is 0.224 e. The smallest absolute Gasteiger partial charge is 0.224 e. The zero-order valence-electron chi connectivity index (χ0n) is 7.88. The van der Waals surface area contributed by atoms with Crippen LogP contribution >= 0.6 is 27.5 Å². The molecule has 1 aromatic heterocycles. The van der Waals surface area contributed by atoms with Crippen LogP contribution in [0.3, 0.4) is 0 Å². The Hall–Kier alpha value is -0.390. The van der Waals surface area contributed by atoms with Crippen molar-refractivity contribution in [2.24, 2.45) is 0 Å². The molecule has 0 atom stereocenters. The predicted molar refractivity (Wildman–Crippen MR) is 59.5 cm³/mol. The molecule has 0 amide bonds. The molecule has 14 heavy (non-hydrogen) atoms. The standard InChI is InChI=1S/C8H11BrClN3O/c1-8(2,14)4-12-6-5(9)3-11-7(10)13-6/h3,14H,4H2,1-2H3,(H,11,12,13). The summed E-state index contributed by atoms with van der Waals surface area (Å²) < 4.78 is 0.714. The summed E-state index contributed by atoms with van der Waals surface area (Å²) in [4.78, 5) is 7.75. The van der Waals surface area contributed by atoms with E-state index in [4.69, 9.17) is 11.6 Å². The van der Waals surface area contributed by atoms with Crippen LogP contribution in [0.25, 0.3) is 0 Å². The van der Waals surface area contributed by atoms with Crippen molar-refractivity contribution in [3.8, 4) is 0 Å². The SMILES string of the molecule is CC(C)(O)CNc1nc(Cl)ncc1Br. The summed E-state index contributed by atoms with van der Waals surface area (Å²) in [5, 5.41) is 12.6. The third kappa shape index (κ3) is 3.77. The molecule has 0 aliphatic rings. The average molecular weight is 281 g/mol. The van der Waals surface area contributed by atoms with Crippen molar-refractivity contribution in [1.29, 1.82) is 0 Å². The molecule has 0 saturated carbocycles. The van der Waals surface area contributed by atoms with Crippen LogP contribution in [-0.4, -0.2) is 27.2 Å². The van der Waals surface area contributed by atoms with E-state index in [-0.39, 0.29) is 5.28 Å². The van der Waals surface area contributed by atoms with Gasteiger partial charge in [-0.1, -0.05) is 0 Å². The van der Waals surface area contributed by atoms with Crippen molar-refractivity contribution >= 4 is 33.3 Å².